The van der Waals surface area contributed by atoms with Crippen molar-refractivity contribution >= 4 is 21.7 Å². The van der Waals surface area contributed by atoms with Crippen molar-refractivity contribution in [3.05, 3.63) is 40.5 Å². The van der Waals surface area contributed by atoms with Crippen LogP contribution in [-0.4, -0.2) is 19.3 Å². The van der Waals surface area contributed by atoms with E-state index in [1.165, 1.54) is 20.3 Å². The zero-order valence-corrected chi connectivity index (χ0v) is 11.3. The highest BCUT2D eigenvalue weighted by molar-refractivity contribution is 6.10. The van der Waals surface area contributed by atoms with Gasteiger partial charge in [-0.15, -0.1) is 0 Å². The third kappa shape index (κ3) is 1.79. The van der Waals surface area contributed by atoms with Gasteiger partial charge in [0.15, 0.2) is 11.3 Å². The number of hydrogen-bond acceptors (Lipinski definition) is 5. The minimum absolute atomic E-state index is 0.0247. The second kappa shape index (κ2) is 4.66. The maximum Gasteiger partial charge on any atom is 0.344 e. The van der Waals surface area contributed by atoms with Gasteiger partial charge < -0.3 is 19.0 Å². The molecule has 3 rings (SSSR count). The molecule has 0 aliphatic rings. The van der Waals surface area contributed by atoms with E-state index in [1.54, 1.807) is 12.1 Å². The lowest BCUT2D eigenvalue weighted by molar-refractivity contribution is 0.367. The maximum atomic E-state index is 14.3. The van der Waals surface area contributed by atoms with E-state index in [9.17, 15) is 14.3 Å². The van der Waals surface area contributed by atoms with Gasteiger partial charge in [-0.1, -0.05) is 6.07 Å². The van der Waals surface area contributed by atoms with Crippen LogP contribution in [0.4, 0.5) is 4.39 Å². The molecule has 0 saturated carbocycles. The van der Waals surface area contributed by atoms with Crippen molar-refractivity contribution in [2.45, 2.75) is 0 Å². The van der Waals surface area contributed by atoms with Crippen LogP contribution in [-0.2, 0) is 0 Å². The summed E-state index contributed by atoms with van der Waals surface area (Å²) in [5.41, 5.74) is -0.822. The summed E-state index contributed by atoms with van der Waals surface area (Å²) in [6.07, 6.45) is 0. The van der Waals surface area contributed by atoms with E-state index in [2.05, 4.69) is 0 Å². The van der Waals surface area contributed by atoms with Gasteiger partial charge in [0.2, 0.25) is 5.75 Å². The Balaban J connectivity index is 2.69. The molecule has 0 saturated heterocycles. The summed E-state index contributed by atoms with van der Waals surface area (Å²) in [4.78, 5) is 12.1. The third-order valence-corrected chi connectivity index (χ3v) is 3.28. The number of aromatic hydroxyl groups is 1. The highest BCUT2D eigenvalue weighted by Gasteiger charge is 2.21. The van der Waals surface area contributed by atoms with E-state index in [-0.39, 0.29) is 27.5 Å². The summed E-state index contributed by atoms with van der Waals surface area (Å²) in [5.74, 6) is -0.949. The highest BCUT2D eigenvalue weighted by Crippen LogP contribution is 2.40. The van der Waals surface area contributed by atoms with E-state index < -0.39 is 17.2 Å². The standard InChI is InChI=1S/C15H11FO5/c1-19-10-5-3-4-7-11(10)12-8(16)6-9(17)13(20-2)14(12)21-15(7)18/h3-6,17H,1-2H3. The summed E-state index contributed by atoms with van der Waals surface area (Å²) in [6.45, 7) is 0. The van der Waals surface area contributed by atoms with E-state index in [0.717, 1.165) is 6.07 Å². The molecule has 0 aliphatic heterocycles. The number of benzene rings is 2. The second-order valence-electron chi connectivity index (χ2n) is 4.39. The zero-order chi connectivity index (χ0) is 15.1. The summed E-state index contributed by atoms with van der Waals surface area (Å²) in [7, 11) is 2.71. The summed E-state index contributed by atoms with van der Waals surface area (Å²) < 4.78 is 29.6. The maximum absolute atomic E-state index is 14.3. The van der Waals surface area contributed by atoms with Gasteiger partial charge in [0.25, 0.3) is 0 Å². The molecule has 0 bridgehead atoms. The molecule has 0 radical (unpaired) electrons. The normalized spacial score (nSPS) is 11.0. The first-order valence-corrected chi connectivity index (χ1v) is 6.07. The van der Waals surface area contributed by atoms with Crippen LogP contribution in [0, 0.1) is 5.82 Å². The Bertz CT molecular complexity index is 913. The Morgan fingerprint density at radius 1 is 1.19 bits per heavy atom. The molecule has 6 heteroatoms. The number of fused-ring (bicyclic) bond motifs is 3. The van der Waals surface area contributed by atoms with Crippen molar-refractivity contribution in [3.8, 4) is 17.2 Å². The quantitative estimate of drug-likeness (QED) is 0.580. The van der Waals surface area contributed by atoms with Gasteiger partial charge >= 0.3 is 5.63 Å². The number of hydrogen-bond donors (Lipinski definition) is 1. The van der Waals surface area contributed by atoms with Crippen LogP contribution in [0.15, 0.2) is 33.5 Å². The van der Waals surface area contributed by atoms with Crippen molar-refractivity contribution in [3.63, 3.8) is 0 Å². The number of methoxy groups -OCH3 is 2. The lowest BCUT2D eigenvalue weighted by atomic mass is 10.1. The van der Waals surface area contributed by atoms with Gasteiger partial charge in [-0.3, -0.25) is 0 Å². The van der Waals surface area contributed by atoms with Crippen molar-refractivity contribution in [1.29, 1.82) is 0 Å². The van der Waals surface area contributed by atoms with E-state index in [4.69, 9.17) is 13.9 Å². The molecule has 2 aromatic carbocycles. The monoisotopic (exact) mass is 290 g/mol. The molecule has 5 nitrogen and oxygen atoms in total. The van der Waals surface area contributed by atoms with E-state index >= 15 is 0 Å². The average Bonchev–Trinajstić information content (AvgIpc) is 2.46. The lowest BCUT2D eigenvalue weighted by Crippen LogP contribution is -2.03. The third-order valence-electron chi connectivity index (χ3n) is 3.28. The van der Waals surface area contributed by atoms with Crippen molar-refractivity contribution < 1.29 is 23.4 Å². The summed E-state index contributed by atoms with van der Waals surface area (Å²) in [6, 6.07) is 5.65. The van der Waals surface area contributed by atoms with Crippen molar-refractivity contribution in [1.82, 2.24) is 0 Å². The molecular weight excluding hydrogens is 279 g/mol. The van der Waals surface area contributed by atoms with Crippen LogP contribution in [0.3, 0.4) is 0 Å². The van der Waals surface area contributed by atoms with Gasteiger partial charge in [0.05, 0.1) is 25.0 Å². The number of halogens is 1. The molecule has 0 fully saturated rings. The van der Waals surface area contributed by atoms with Gasteiger partial charge in [0.1, 0.15) is 11.6 Å². The van der Waals surface area contributed by atoms with Crippen LogP contribution < -0.4 is 15.1 Å². The molecule has 0 spiro atoms. The van der Waals surface area contributed by atoms with Crippen molar-refractivity contribution in [2.24, 2.45) is 0 Å². The van der Waals surface area contributed by atoms with Crippen molar-refractivity contribution in [2.75, 3.05) is 14.2 Å². The highest BCUT2D eigenvalue weighted by atomic mass is 19.1. The second-order valence-corrected chi connectivity index (χ2v) is 4.39. The Kier molecular flexibility index (Phi) is 2.94. The van der Waals surface area contributed by atoms with Crippen LogP contribution in [0.2, 0.25) is 0 Å². The minimum atomic E-state index is -0.735. The lowest BCUT2D eigenvalue weighted by Gasteiger charge is -2.11. The molecule has 21 heavy (non-hydrogen) atoms. The molecule has 0 amide bonds. The smallest absolute Gasteiger partial charge is 0.344 e. The predicted molar refractivity (Wildman–Crippen MR) is 74.7 cm³/mol. The molecule has 3 aromatic rings. The molecule has 0 unspecified atom stereocenters. The average molecular weight is 290 g/mol. The molecular formula is C15H11FO5. The molecule has 108 valence electrons. The first-order chi connectivity index (χ1) is 10.1. The Hall–Kier alpha value is -2.76. The van der Waals surface area contributed by atoms with Crippen LogP contribution in [0.1, 0.15) is 0 Å². The van der Waals surface area contributed by atoms with Crippen LogP contribution in [0.5, 0.6) is 17.2 Å². The molecule has 1 heterocycles. The van der Waals surface area contributed by atoms with Gasteiger partial charge in [-0.25, -0.2) is 9.18 Å². The molecule has 0 aliphatic carbocycles. The van der Waals surface area contributed by atoms with Gasteiger partial charge in [-0.2, -0.15) is 0 Å². The Morgan fingerprint density at radius 2 is 1.95 bits per heavy atom. The first kappa shape index (κ1) is 13.2. The largest absolute Gasteiger partial charge is 0.504 e. The molecule has 0 atom stereocenters. The van der Waals surface area contributed by atoms with E-state index in [1.807, 2.05) is 0 Å². The number of phenolic OH excluding ortho intramolecular Hbond substituents is 1. The van der Waals surface area contributed by atoms with Gasteiger partial charge in [-0.05, 0) is 12.1 Å². The number of phenols is 1. The fourth-order valence-electron chi connectivity index (χ4n) is 2.40. The molecule has 1 N–H and O–H groups in total. The topological polar surface area (TPSA) is 68.9 Å². The number of rotatable bonds is 2. The van der Waals surface area contributed by atoms with Crippen LogP contribution in [0.25, 0.3) is 21.7 Å². The fourth-order valence-corrected chi connectivity index (χ4v) is 2.40. The fraction of sp³-hybridized carbons (Fsp3) is 0.133. The Morgan fingerprint density at radius 3 is 2.62 bits per heavy atom. The molecule has 1 aromatic heterocycles. The summed E-state index contributed by atoms with van der Waals surface area (Å²) >= 11 is 0. The summed E-state index contributed by atoms with van der Waals surface area (Å²) in [5, 5.41) is 10.2. The number of ether oxygens (including phenoxy) is 2. The Labute approximate surface area is 118 Å². The van der Waals surface area contributed by atoms with Crippen LogP contribution >= 0.6 is 0 Å². The first-order valence-electron chi connectivity index (χ1n) is 6.07. The zero-order valence-electron chi connectivity index (χ0n) is 11.3. The van der Waals surface area contributed by atoms with Gasteiger partial charge in [0, 0.05) is 11.5 Å². The predicted octanol–water partition coefficient (Wildman–Crippen LogP) is 2.81. The SMILES string of the molecule is COc1c(O)cc(F)c2c1oc(=O)c1cccc(OC)c12. The van der Waals surface area contributed by atoms with E-state index in [0.29, 0.717) is 5.75 Å². The minimum Gasteiger partial charge on any atom is -0.504 e.